The van der Waals surface area contributed by atoms with E-state index in [2.05, 4.69) is 5.10 Å². The van der Waals surface area contributed by atoms with Crippen LogP contribution in [0.15, 0.2) is 30.5 Å². The van der Waals surface area contributed by atoms with E-state index in [0.29, 0.717) is 11.8 Å². The van der Waals surface area contributed by atoms with Crippen LogP contribution in [0.4, 0.5) is 4.39 Å². The van der Waals surface area contributed by atoms with Gasteiger partial charge in [0.1, 0.15) is 5.82 Å². The fourth-order valence-electron chi connectivity index (χ4n) is 2.47. The maximum Gasteiger partial charge on any atom is 0.152 e. The third-order valence-corrected chi connectivity index (χ3v) is 3.52. The number of benzene rings is 1. The van der Waals surface area contributed by atoms with E-state index < -0.39 is 5.82 Å². The van der Waals surface area contributed by atoms with E-state index in [1.54, 1.807) is 16.9 Å². The van der Waals surface area contributed by atoms with Crippen LogP contribution in [0.3, 0.4) is 0 Å². The van der Waals surface area contributed by atoms with E-state index in [9.17, 15) is 9.18 Å². The Kier molecular flexibility index (Phi) is 3.60. The lowest BCUT2D eigenvalue weighted by atomic mass is 10.1. The number of hydrogen-bond donors (Lipinski definition) is 0. The van der Waals surface area contributed by atoms with Crippen molar-refractivity contribution in [2.24, 2.45) is 0 Å². The first kappa shape index (κ1) is 13.0. The number of hydrogen-bond acceptors (Lipinski definition) is 3. The van der Waals surface area contributed by atoms with Crippen molar-refractivity contribution in [1.82, 2.24) is 9.78 Å². The van der Waals surface area contributed by atoms with Gasteiger partial charge in [0.05, 0.1) is 11.3 Å². The number of rotatable bonds is 3. The first-order valence-electron chi connectivity index (χ1n) is 6.70. The van der Waals surface area contributed by atoms with Crippen LogP contribution < -0.4 is 0 Å². The monoisotopic (exact) mass is 274 g/mol. The van der Waals surface area contributed by atoms with Crippen LogP contribution in [0, 0.1) is 5.82 Å². The van der Waals surface area contributed by atoms with Crippen molar-refractivity contribution >= 4 is 6.29 Å². The normalized spacial score (nSPS) is 18.9. The fraction of sp³-hybridized carbons (Fsp3) is 0.333. The van der Waals surface area contributed by atoms with Crippen LogP contribution >= 0.6 is 0 Å². The van der Waals surface area contributed by atoms with Gasteiger partial charge >= 0.3 is 0 Å². The molecule has 2 aromatic rings. The fourth-order valence-corrected chi connectivity index (χ4v) is 2.47. The second-order valence-electron chi connectivity index (χ2n) is 4.84. The van der Waals surface area contributed by atoms with Gasteiger partial charge in [-0.15, -0.1) is 0 Å². The SMILES string of the molecule is O=Cc1ccc(-c2ccnn2C2CCCCO2)cc1F. The molecule has 1 aromatic heterocycles. The topological polar surface area (TPSA) is 44.1 Å². The molecule has 1 fully saturated rings. The molecular formula is C15H15FN2O2. The summed E-state index contributed by atoms with van der Waals surface area (Å²) in [5.41, 5.74) is 1.56. The molecule has 1 atom stereocenters. The van der Waals surface area contributed by atoms with Crippen molar-refractivity contribution < 1.29 is 13.9 Å². The third kappa shape index (κ3) is 2.36. The lowest BCUT2D eigenvalue weighted by Crippen LogP contribution is -2.19. The molecule has 0 N–H and O–H groups in total. The zero-order chi connectivity index (χ0) is 13.9. The molecule has 4 nitrogen and oxygen atoms in total. The van der Waals surface area contributed by atoms with Gasteiger partial charge in [-0.2, -0.15) is 5.10 Å². The van der Waals surface area contributed by atoms with Gasteiger partial charge in [-0.1, -0.05) is 6.07 Å². The molecule has 0 radical (unpaired) electrons. The first-order chi connectivity index (χ1) is 9.79. The number of nitrogens with zero attached hydrogens (tertiary/aromatic N) is 2. The van der Waals surface area contributed by atoms with Crippen molar-refractivity contribution in [3.05, 3.63) is 41.8 Å². The maximum absolute atomic E-state index is 13.7. The van der Waals surface area contributed by atoms with Gasteiger partial charge in [0.15, 0.2) is 12.5 Å². The Bertz CT molecular complexity index is 618. The van der Waals surface area contributed by atoms with Crippen LogP contribution in [-0.4, -0.2) is 22.7 Å². The minimum Gasteiger partial charge on any atom is -0.356 e. The summed E-state index contributed by atoms with van der Waals surface area (Å²) in [6.45, 7) is 0.725. The summed E-state index contributed by atoms with van der Waals surface area (Å²) in [4.78, 5) is 10.7. The van der Waals surface area contributed by atoms with Gasteiger partial charge in [0, 0.05) is 18.4 Å². The molecule has 1 unspecified atom stereocenters. The van der Waals surface area contributed by atoms with E-state index in [-0.39, 0.29) is 11.8 Å². The lowest BCUT2D eigenvalue weighted by Gasteiger charge is -2.24. The van der Waals surface area contributed by atoms with E-state index in [1.807, 2.05) is 6.07 Å². The largest absolute Gasteiger partial charge is 0.356 e. The Morgan fingerprint density at radius 1 is 1.35 bits per heavy atom. The first-order valence-corrected chi connectivity index (χ1v) is 6.70. The predicted octanol–water partition coefficient (Wildman–Crippen LogP) is 3.20. The maximum atomic E-state index is 13.7. The van der Waals surface area contributed by atoms with Crippen molar-refractivity contribution in [3.8, 4) is 11.3 Å². The van der Waals surface area contributed by atoms with Crippen molar-refractivity contribution in [2.45, 2.75) is 25.5 Å². The van der Waals surface area contributed by atoms with Crippen molar-refractivity contribution in [1.29, 1.82) is 0 Å². The molecule has 0 saturated carbocycles. The van der Waals surface area contributed by atoms with Crippen LogP contribution in [0.1, 0.15) is 35.8 Å². The zero-order valence-electron chi connectivity index (χ0n) is 11.0. The molecule has 1 aromatic carbocycles. The van der Waals surface area contributed by atoms with Crippen molar-refractivity contribution in [2.75, 3.05) is 6.61 Å². The van der Waals surface area contributed by atoms with Crippen molar-refractivity contribution in [3.63, 3.8) is 0 Å². The number of ether oxygens (including phenoxy) is 1. The second-order valence-corrected chi connectivity index (χ2v) is 4.84. The number of halogens is 1. The molecule has 0 bridgehead atoms. The molecule has 0 spiro atoms. The molecule has 5 heteroatoms. The minimum absolute atomic E-state index is 0.0636. The molecule has 1 saturated heterocycles. The molecule has 0 amide bonds. The Labute approximate surface area is 116 Å². The average Bonchev–Trinajstić information content (AvgIpc) is 2.97. The summed E-state index contributed by atoms with van der Waals surface area (Å²) in [5.74, 6) is -0.519. The zero-order valence-corrected chi connectivity index (χ0v) is 11.0. The van der Waals surface area contributed by atoms with E-state index in [4.69, 9.17) is 4.74 Å². The number of carbonyl (C=O) groups excluding carboxylic acids is 1. The smallest absolute Gasteiger partial charge is 0.152 e. The van der Waals surface area contributed by atoms with E-state index in [0.717, 1.165) is 31.6 Å². The molecule has 3 rings (SSSR count). The minimum atomic E-state index is -0.519. The van der Waals surface area contributed by atoms with Crippen LogP contribution in [-0.2, 0) is 4.74 Å². The summed E-state index contributed by atoms with van der Waals surface area (Å²) in [6, 6.07) is 6.40. The molecule has 1 aliphatic rings. The highest BCUT2D eigenvalue weighted by Crippen LogP contribution is 2.28. The number of carbonyl (C=O) groups is 1. The van der Waals surface area contributed by atoms with Gasteiger partial charge in [-0.05, 0) is 37.5 Å². The van der Waals surface area contributed by atoms with Crippen LogP contribution in [0.25, 0.3) is 11.3 Å². The third-order valence-electron chi connectivity index (χ3n) is 3.52. The van der Waals surface area contributed by atoms with Gasteiger partial charge in [-0.3, -0.25) is 4.79 Å². The predicted molar refractivity (Wildman–Crippen MR) is 71.8 cm³/mol. The van der Waals surface area contributed by atoms with Crippen LogP contribution in [0.5, 0.6) is 0 Å². The number of aromatic nitrogens is 2. The average molecular weight is 274 g/mol. The Morgan fingerprint density at radius 2 is 2.25 bits per heavy atom. The van der Waals surface area contributed by atoms with E-state index >= 15 is 0 Å². The van der Waals surface area contributed by atoms with Gasteiger partial charge in [0.2, 0.25) is 0 Å². The van der Waals surface area contributed by atoms with Gasteiger partial charge in [0.25, 0.3) is 0 Å². The summed E-state index contributed by atoms with van der Waals surface area (Å²) in [7, 11) is 0. The van der Waals surface area contributed by atoms with E-state index in [1.165, 1.54) is 12.1 Å². The highest BCUT2D eigenvalue weighted by molar-refractivity contribution is 5.77. The highest BCUT2D eigenvalue weighted by atomic mass is 19.1. The van der Waals surface area contributed by atoms with Crippen LogP contribution in [0.2, 0.25) is 0 Å². The Morgan fingerprint density at radius 3 is 2.95 bits per heavy atom. The molecule has 2 heterocycles. The molecule has 104 valence electrons. The molecular weight excluding hydrogens is 259 g/mol. The van der Waals surface area contributed by atoms with Gasteiger partial charge < -0.3 is 4.74 Å². The molecule has 0 aliphatic carbocycles. The van der Waals surface area contributed by atoms with Gasteiger partial charge in [-0.25, -0.2) is 9.07 Å². The molecule has 1 aliphatic heterocycles. The number of aldehydes is 1. The molecule has 20 heavy (non-hydrogen) atoms. The standard InChI is InChI=1S/C15H15FN2O2/c16-13-9-11(4-5-12(13)10-19)14-6-7-17-18(14)15-3-1-2-8-20-15/h4-7,9-10,15H,1-3,8H2. The quantitative estimate of drug-likeness (QED) is 0.807. The second kappa shape index (κ2) is 5.54. The summed E-state index contributed by atoms with van der Waals surface area (Å²) in [6.07, 6.45) is 5.17. The summed E-state index contributed by atoms with van der Waals surface area (Å²) < 4.78 is 21.2. The highest BCUT2D eigenvalue weighted by Gasteiger charge is 2.19. The summed E-state index contributed by atoms with van der Waals surface area (Å²) >= 11 is 0. The lowest BCUT2D eigenvalue weighted by molar-refractivity contribution is -0.0383. The Balaban J connectivity index is 1.96. The summed E-state index contributed by atoms with van der Waals surface area (Å²) in [5, 5.41) is 4.29. The Hall–Kier alpha value is -2.01.